The maximum atomic E-state index is 12.5. The van der Waals surface area contributed by atoms with Crippen LogP contribution < -0.4 is 5.32 Å². The second-order valence-corrected chi connectivity index (χ2v) is 7.05. The van der Waals surface area contributed by atoms with E-state index in [-0.39, 0.29) is 5.91 Å². The number of aryl methyl sites for hydroxylation is 2. The number of halogens is 1. The molecular weight excluding hydrogens is 394 g/mol. The summed E-state index contributed by atoms with van der Waals surface area (Å²) in [6.45, 7) is 9.31. The van der Waals surface area contributed by atoms with Gasteiger partial charge in [-0.3, -0.25) is 14.2 Å². The van der Waals surface area contributed by atoms with Gasteiger partial charge in [-0.2, -0.15) is 10.2 Å². The van der Waals surface area contributed by atoms with Crippen LogP contribution in [0.1, 0.15) is 39.9 Å². The minimum absolute atomic E-state index is 0.145. The molecule has 3 rings (SSSR count). The van der Waals surface area contributed by atoms with E-state index in [9.17, 15) is 4.79 Å². The summed E-state index contributed by atoms with van der Waals surface area (Å²) in [6, 6.07) is 7.83. The zero-order chi connectivity index (χ0) is 18.8. The Morgan fingerprint density at radius 2 is 1.96 bits per heavy atom. The van der Waals surface area contributed by atoms with E-state index in [2.05, 4.69) is 31.4 Å². The molecule has 1 aromatic carbocycles. The van der Waals surface area contributed by atoms with Crippen LogP contribution in [0.5, 0.6) is 0 Å². The maximum Gasteiger partial charge on any atom is 0.259 e. The number of hydrogen-bond acceptors (Lipinski definition) is 3. The van der Waals surface area contributed by atoms with Crippen LogP contribution in [0.2, 0.25) is 0 Å². The molecule has 0 spiro atoms. The molecular formula is C19H22BrN5O. The van der Waals surface area contributed by atoms with Gasteiger partial charge in [-0.05, 0) is 61.3 Å². The van der Waals surface area contributed by atoms with E-state index >= 15 is 0 Å². The monoisotopic (exact) mass is 415 g/mol. The predicted octanol–water partition coefficient (Wildman–Crippen LogP) is 4.09. The highest BCUT2D eigenvalue weighted by Gasteiger charge is 2.14. The summed E-state index contributed by atoms with van der Waals surface area (Å²) in [5.74, 6) is -0.145. The first kappa shape index (κ1) is 18.4. The van der Waals surface area contributed by atoms with Crippen LogP contribution in [0.3, 0.4) is 0 Å². The fraction of sp³-hybridized carbons (Fsp3) is 0.316. The van der Waals surface area contributed by atoms with Crippen molar-refractivity contribution >= 4 is 27.5 Å². The lowest BCUT2D eigenvalue weighted by Gasteiger charge is -2.09. The Morgan fingerprint density at radius 1 is 1.19 bits per heavy atom. The number of nitrogens with one attached hydrogen (secondary N) is 1. The van der Waals surface area contributed by atoms with E-state index in [1.54, 1.807) is 6.20 Å². The van der Waals surface area contributed by atoms with E-state index in [1.165, 1.54) is 0 Å². The molecule has 0 aliphatic rings. The Bertz CT molecular complexity index is 957. The molecule has 0 aliphatic carbocycles. The van der Waals surface area contributed by atoms with Gasteiger partial charge in [0.1, 0.15) is 0 Å². The number of hydrogen-bond donors (Lipinski definition) is 1. The van der Waals surface area contributed by atoms with Crippen molar-refractivity contribution in [3.8, 4) is 0 Å². The molecule has 7 heteroatoms. The summed E-state index contributed by atoms with van der Waals surface area (Å²) in [4.78, 5) is 12.5. The first-order valence-corrected chi connectivity index (χ1v) is 9.32. The van der Waals surface area contributed by atoms with Gasteiger partial charge < -0.3 is 5.32 Å². The van der Waals surface area contributed by atoms with Crippen LogP contribution in [-0.4, -0.2) is 25.5 Å². The van der Waals surface area contributed by atoms with Crippen molar-refractivity contribution in [3.63, 3.8) is 0 Å². The highest BCUT2D eigenvalue weighted by Crippen LogP contribution is 2.21. The molecule has 136 valence electrons. The molecule has 26 heavy (non-hydrogen) atoms. The van der Waals surface area contributed by atoms with Crippen molar-refractivity contribution in [2.45, 2.75) is 40.8 Å². The molecule has 0 bridgehead atoms. The van der Waals surface area contributed by atoms with Crippen LogP contribution in [-0.2, 0) is 13.1 Å². The molecule has 0 aliphatic heterocycles. The summed E-state index contributed by atoms with van der Waals surface area (Å²) in [6.07, 6.45) is 1.62. The topological polar surface area (TPSA) is 64.7 Å². The van der Waals surface area contributed by atoms with Crippen LogP contribution in [0, 0.1) is 20.8 Å². The van der Waals surface area contributed by atoms with E-state index < -0.39 is 0 Å². The van der Waals surface area contributed by atoms with Crippen molar-refractivity contribution in [2.75, 3.05) is 5.32 Å². The number of anilines is 1. The number of nitrogens with zero attached hydrogens (tertiary/aromatic N) is 4. The quantitative estimate of drug-likeness (QED) is 0.682. The molecule has 0 saturated carbocycles. The van der Waals surface area contributed by atoms with Gasteiger partial charge >= 0.3 is 0 Å². The minimum Gasteiger partial charge on any atom is -0.322 e. The zero-order valence-corrected chi connectivity index (χ0v) is 17.0. The van der Waals surface area contributed by atoms with Crippen molar-refractivity contribution < 1.29 is 4.79 Å². The number of aromatic nitrogens is 4. The van der Waals surface area contributed by atoms with E-state index in [0.717, 1.165) is 39.4 Å². The third-order valence-corrected chi connectivity index (χ3v) is 5.61. The summed E-state index contributed by atoms with van der Waals surface area (Å²) >= 11 is 3.55. The normalized spacial score (nSPS) is 11.0. The molecule has 0 saturated heterocycles. The fourth-order valence-corrected chi connectivity index (χ4v) is 3.22. The second kappa shape index (κ2) is 7.45. The van der Waals surface area contributed by atoms with Crippen LogP contribution in [0.4, 0.5) is 5.69 Å². The summed E-state index contributed by atoms with van der Waals surface area (Å²) in [7, 11) is 0. The average Bonchev–Trinajstić information content (AvgIpc) is 3.10. The van der Waals surface area contributed by atoms with Crippen LogP contribution >= 0.6 is 15.9 Å². The van der Waals surface area contributed by atoms with Gasteiger partial charge in [0.15, 0.2) is 0 Å². The van der Waals surface area contributed by atoms with Gasteiger partial charge in [-0.1, -0.05) is 12.1 Å². The second-order valence-electron chi connectivity index (χ2n) is 6.26. The Balaban J connectivity index is 1.77. The molecule has 0 radical (unpaired) electrons. The third-order valence-electron chi connectivity index (χ3n) is 4.46. The third kappa shape index (κ3) is 3.58. The van der Waals surface area contributed by atoms with Gasteiger partial charge in [0.2, 0.25) is 0 Å². The summed E-state index contributed by atoms with van der Waals surface area (Å²) < 4.78 is 4.80. The lowest BCUT2D eigenvalue weighted by Crippen LogP contribution is -2.13. The number of rotatable bonds is 5. The lowest BCUT2D eigenvalue weighted by molar-refractivity contribution is 0.102. The summed E-state index contributed by atoms with van der Waals surface area (Å²) in [5, 5.41) is 11.7. The standard InChI is InChI=1S/C19H22BrN5O/c1-5-24-13(3)17(10-21-24)19(26)22-16-8-6-7-15(9-16)11-25-14(4)18(20)12(2)23-25/h6-10H,5,11H2,1-4H3,(H,22,26). The van der Waals surface area contributed by atoms with E-state index in [1.807, 2.05) is 61.3 Å². The SMILES string of the molecule is CCn1ncc(C(=O)Nc2cccc(Cn3nc(C)c(Br)c3C)c2)c1C. The molecule has 6 nitrogen and oxygen atoms in total. The Labute approximate surface area is 161 Å². The molecule has 2 heterocycles. The number of carbonyl (C=O) groups is 1. The number of benzene rings is 1. The molecule has 1 amide bonds. The van der Waals surface area contributed by atoms with E-state index in [0.29, 0.717) is 12.1 Å². The first-order valence-electron chi connectivity index (χ1n) is 8.53. The minimum atomic E-state index is -0.145. The maximum absolute atomic E-state index is 12.5. The fourth-order valence-electron chi connectivity index (χ4n) is 2.94. The highest BCUT2D eigenvalue weighted by atomic mass is 79.9. The predicted molar refractivity (Wildman–Crippen MR) is 106 cm³/mol. The van der Waals surface area contributed by atoms with Crippen molar-refractivity contribution in [1.82, 2.24) is 19.6 Å². The van der Waals surface area contributed by atoms with Crippen molar-refractivity contribution in [2.24, 2.45) is 0 Å². The average molecular weight is 416 g/mol. The lowest BCUT2D eigenvalue weighted by atomic mass is 10.2. The largest absolute Gasteiger partial charge is 0.322 e. The van der Waals surface area contributed by atoms with Gasteiger partial charge in [0, 0.05) is 17.9 Å². The Morgan fingerprint density at radius 3 is 2.58 bits per heavy atom. The molecule has 3 aromatic rings. The Kier molecular flexibility index (Phi) is 5.27. The van der Waals surface area contributed by atoms with Gasteiger partial charge in [-0.15, -0.1) is 0 Å². The molecule has 1 N–H and O–H groups in total. The number of amides is 1. The molecule has 0 atom stereocenters. The molecule has 0 fully saturated rings. The van der Waals surface area contributed by atoms with Gasteiger partial charge in [0.05, 0.1) is 34.2 Å². The van der Waals surface area contributed by atoms with Gasteiger partial charge in [0.25, 0.3) is 5.91 Å². The van der Waals surface area contributed by atoms with Crippen molar-refractivity contribution in [1.29, 1.82) is 0 Å². The first-order chi connectivity index (χ1) is 12.4. The van der Waals surface area contributed by atoms with Gasteiger partial charge in [-0.25, -0.2) is 0 Å². The number of carbonyl (C=O) groups excluding carboxylic acids is 1. The summed E-state index contributed by atoms with van der Waals surface area (Å²) in [5.41, 5.74) is 5.35. The smallest absolute Gasteiger partial charge is 0.259 e. The van der Waals surface area contributed by atoms with Crippen LogP contribution in [0.15, 0.2) is 34.9 Å². The zero-order valence-electron chi connectivity index (χ0n) is 15.4. The van der Waals surface area contributed by atoms with Crippen LogP contribution in [0.25, 0.3) is 0 Å². The Hall–Kier alpha value is -2.41. The molecule has 0 unspecified atom stereocenters. The van der Waals surface area contributed by atoms with Crippen molar-refractivity contribution in [3.05, 3.63) is 63.1 Å². The highest BCUT2D eigenvalue weighted by molar-refractivity contribution is 9.10. The van der Waals surface area contributed by atoms with E-state index in [4.69, 9.17) is 0 Å². The molecule has 2 aromatic heterocycles.